The molecule has 1 amide bonds. The van der Waals surface area contributed by atoms with Crippen LogP contribution >= 0.6 is 27.5 Å². The van der Waals surface area contributed by atoms with E-state index in [1.165, 1.54) is 18.2 Å². The molecule has 0 heterocycles. The highest BCUT2D eigenvalue weighted by atomic mass is 79.9. The van der Waals surface area contributed by atoms with Crippen LogP contribution in [-0.2, 0) is 11.4 Å². The summed E-state index contributed by atoms with van der Waals surface area (Å²) in [5.74, 6) is -0.0545. The standard InChI is InChI=1S/C23H15BrClN3O4/c24-18-5-1-16(2-6-18)14-32-20-8-3-15(4-9-20)11-17(13-26)23(29)27-19-7-10-21(25)22(12-19)28(30)31/h1-12H,14H2,(H,27,29)/b17-11+. The number of carbonyl (C=O) groups excluding carboxylic acids is 1. The number of nitriles is 1. The molecule has 9 heteroatoms. The second-order valence-electron chi connectivity index (χ2n) is 6.53. The van der Waals surface area contributed by atoms with Crippen LogP contribution in [-0.4, -0.2) is 10.8 Å². The highest BCUT2D eigenvalue weighted by Crippen LogP contribution is 2.27. The fourth-order valence-corrected chi connectivity index (χ4v) is 3.10. The molecule has 1 N–H and O–H groups in total. The molecule has 0 radical (unpaired) electrons. The van der Waals surface area contributed by atoms with Gasteiger partial charge in [0.1, 0.15) is 29.0 Å². The lowest BCUT2D eigenvalue weighted by Crippen LogP contribution is -2.13. The maximum Gasteiger partial charge on any atom is 0.289 e. The summed E-state index contributed by atoms with van der Waals surface area (Å²) >= 11 is 9.16. The lowest BCUT2D eigenvalue weighted by atomic mass is 10.1. The van der Waals surface area contributed by atoms with Crippen molar-refractivity contribution in [1.82, 2.24) is 0 Å². The zero-order chi connectivity index (χ0) is 23.1. The van der Waals surface area contributed by atoms with E-state index in [1.54, 1.807) is 24.3 Å². The van der Waals surface area contributed by atoms with Crippen LogP contribution in [0.4, 0.5) is 11.4 Å². The Hall–Kier alpha value is -3.67. The van der Waals surface area contributed by atoms with Crippen molar-refractivity contribution in [3.63, 3.8) is 0 Å². The number of hydrogen-bond donors (Lipinski definition) is 1. The molecule has 0 fully saturated rings. The van der Waals surface area contributed by atoms with Gasteiger partial charge in [-0.1, -0.05) is 51.8 Å². The summed E-state index contributed by atoms with van der Waals surface area (Å²) in [6.07, 6.45) is 1.41. The number of carbonyl (C=O) groups is 1. The Balaban J connectivity index is 1.67. The van der Waals surface area contributed by atoms with E-state index in [0.717, 1.165) is 16.1 Å². The predicted octanol–water partition coefficient (Wildman–Crippen LogP) is 6.14. The third-order valence-corrected chi connectivity index (χ3v) is 5.12. The van der Waals surface area contributed by atoms with Gasteiger partial charge in [-0.3, -0.25) is 14.9 Å². The molecule has 3 aromatic rings. The molecule has 0 atom stereocenters. The Bertz CT molecular complexity index is 1220. The fourth-order valence-electron chi connectivity index (χ4n) is 2.65. The summed E-state index contributed by atoms with van der Waals surface area (Å²) in [4.78, 5) is 22.8. The molecule has 7 nitrogen and oxygen atoms in total. The van der Waals surface area contributed by atoms with Gasteiger partial charge < -0.3 is 10.1 Å². The van der Waals surface area contributed by atoms with Crippen LogP contribution in [0.15, 0.2) is 76.8 Å². The number of nitrogens with one attached hydrogen (secondary N) is 1. The first-order chi connectivity index (χ1) is 15.4. The van der Waals surface area contributed by atoms with Crippen LogP contribution < -0.4 is 10.1 Å². The molecule has 3 rings (SSSR count). The quantitative estimate of drug-likeness (QED) is 0.177. The highest BCUT2D eigenvalue weighted by Gasteiger charge is 2.15. The van der Waals surface area contributed by atoms with E-state index in [9.17, 15) is 20.2 Å². The maximum absolute atomic E-state index is 12.4. The molecule has 0 aliphatic heterocycles. The topological polar surface area (TPSA) is 105 Å². The Kier molecular flexibility index (Phi) is 7.60. The Morgan fingerprint density at radius 2 is 1.84 bits per heavy atom. The van der Waals surface area contributed by atoms with Gasteiger partial charge in [0.15, 0.2) is 0 Å². The van der Waals surface area contributed by atoms with Gasteiger partial charge in [0.2, 0.25) is 0 Å². The number of halogens is 2. The van der Waals surface area contributed by atoms with E-state index < -0.39 is 10.8 Å². The largest absolute Gasteiger partial charge is 0.489 e. The molecule has 3 aromatic carbocycles. The van der Waals surface area contributed by atoms with Crippen LogP contribution in [0.25, 0.3) is 6.08 Å². The van der Waals surface area contributed by atoms with Gasteiger partial charge in [-0.25, -0.2) is 0 Å². The lowest BCUT2D eigenvalue weighted by molar-refractivity contribution is -0.384. The van der Waals surface area contributed by atoms with E-state index in [0.29, 0.717) is 17.9 Å². The molecule has 32 heavy (non-hydrogen) atoms. The first-order valence-corrected chi connectivity index (χ1v) is 10.4. The van der Waals surface area contributed by atoms with E-state index in [1.807, 2.05) is 30.3 Å². The number of amides is 1. The van der Waals surface area contributed by atoms with Gasteiger partial charge in [-0.2, -0.15) is 5.26 Å². The van der Waals surface area contributed by atoms with Crippen molar-refractivity contribution in [2.45, 2.75) is 6.61 Å². The van der Waals surface area contributed by atoms with E-state index >= 15 is 0 Å². The van der Waals surface area contributed by atoms with Crippen LogP contribution in [0.5, 0.6) is 5.75 Å². The summed E-state index contributed by atoms with van der Waals surface area (Å²) < 4.78 is 6.73. The first-order valence-electron chi connectivity index (χ1n) is 9.20. The molecule has 0 aromatic heterocycles. The SMILES string of the molecule is N#C/C(=C\c1ccc(OCc2ccc(Br)cc2)cc1)C(=O)Nc1ccc(Cl)c([N+](=O)[O-])c1. The lowest BCUT2D eigenvalue weighted by Gasteiger charge is -2.07. The zero-order valence-corrected chi connectivity index (χ0v) is 18.8. The zero-order valence-electron chi connectivity index (χ0n) is 16.4. The number of nitro groups is 1. The van der Waals surface area contributed by atoms with E-state index in [4.69, 9.17) is 16.3 Å². The van der Waals surface area contributed by atoms with Gasteiger partial charge in [-0.15, -0.1) is 0 Å². The van der Waals surface area contributed by atoms with Gasteiger partial charge >= 0.3 is 0 Å². The van der Waals surface area contributed by atoms with E-state index in [2.05, 4.69) is 21.2 Å². The minimum Gasteiger partial charge on any atom is -0.489 e. The molecule has 0 aliphatic carbocycles. The average molecular weight is 513 g/mol. The Morgan fingerprint density at radius 3 is 2.47 bits per heavy atom. The van der Waals surface area contributed by atoms with Crippen molar-refractivity contribution in [2.75, 3.05) is 5.32 Å². The number of nitro benzene ring substituents is 1. The monoisotopic (exact) mass is 511 g/mol. The van der Waals surface area contributed by atoms with Crippen molar-refractivity contribution in [3.05, 3.63) is 103 Å². The molecule has 0 bridgehead atoms. The third kappa shape index (κ3) is 6.17. The molecular weight excluding hydrogens is 498 g/mol. The fraction of sp³-hybridized carbons (Fsp3) is 0.0435. The minimum absolute atomic E-state index is 0.0495. The molecule has 0 spiro atoms. The Labute approximate surface area is 197 Å². The highest BCUT2D eigenvalue weighted by molar-refractivity contribution is 9.10. The summed E-state index contributed by atoms with van der Waals surface area (Å²) in [6, 6.07) is 20.4. The van der Waals surface area contributed by atoms with E-state index in [-0.39, 0.29) is 22.0 Å². The average Bonchev–Trinajstić information content (AvgIpc) is 2.79. The predicted molar refractivity (Wildman–Crippen MR) is 125 cm³/mol. The summed E-state index contributed by atoms with van der Waals surface area (Å²) in [6.45, 7) is 0.404. The van der Waals surface area contributed by atoms with Crippen molar-refractivity contribution in [1.29, 1.82) is 5.26 Å². The first kappa shape index (κ1) is 23.0. The molecule has 160 valence electrons. The number of anilines is 1. The summed E-state index contributed by atoms with van der Waals surface area (Å²) in [5, 5.41) is 22.8. The second-order valence-corrected chi connectivity index (χ2v) is 7.85. The number of benzene rings is 3. The van der Waals surface area contributed by atoms with Crippen LogP contribution in [0, 0.1) is 21.4 Å². The van der Waals surface area contributed by atoms with Crippen LogP contribution in [0.2, 0.25) is 5.02 Å². The Morgan fingerprint density at radius 1 is 1.16 bits per heavy atom. The molecule has 0 saturated carbocycles. The summed E-state index contributed by atoms with van der Waals surface area (Å²) in [7, 11) is 0. The van der Waals surface area contributed by atoms with Gasteiger partial charge in [-0.05, 0) is 53.6 Å². The molecule has 0 unspecified atom stereocenters. The number of ether oxygens (including phenoxy) is 1. The van der Waals surface area contributed by atoms with Crippen molar-refractivity contribution < 1.29 is 14.5 Å². The van der Waals surface area contributed by atoms with Crippen molar-refractivity contribution in [3.8, 4) is 11.8 Å². The van der Waals surface area contributed by atoms with Crippen molar-refractivity contribution in [2.24, 2.45) is 0 Å². The second kappa shape index (κ2) is 10.6. The normalized spacial score (nSPS) is 10.8. The minimum atomic E-state index is -0.695. The van der Waals surface area contributed by atoms with Crippen LogP contribution in [0.1, 0.15) is 11.1 Å². The molecular formula is C23H15BrClN3O4. The molecule has 0 saturated heterocycles. The van der Waals surface area contributed by atoms with Gasteiger partial charge in [0.25, 0.3) is 11.6 Å². The number of rotatable bonds is 7. The van der Waals surface area contributed by atoms with Crippen LogP contribution in [0.3, 0.4) is 0 Å². The molecule has 0 aliphatic rings. The van der Waals surface area contributed by atoms with Gasteiger partial charge in [0, 0.05) is 16.2 Å². The summed E-state index contributed by atoms with van der Waals surface area (Å²) in [5.41, 5.74) is 1.29. The smallest absolute Gasteiger partial charge is 0.289 e. The maximum atomic E-state index is 12.4. The van der Waals surface area contributed by atoms with Gasteiger partial charge in [0.05, 0.1) is 4.92 Å². The van der Waals surface area contributed by atoms with Crippen molar-refractivity contribution >= 4 is 50.9 Å². The third-order valence-electron chi connectivity index (χ3n) is 4.28. The number of hydrogen-bond acceptors (Lipinski definition) is 5. The number of nitrogens with zero attached hydrogens (tertiary/aromatic N) is 2.